The standard InChI is InChI=1S/C14H16N2O3.H2/c1-8(15)13(9(2)17)11-5-3-10(4-6-11)12-7-19-14(18)16-12;/h3-6,12H,7,15H2,1-2H3,(H,16,18);1H/b13-8+;/t12-;/m0./s1. The Morgan fingerprint density at radius 2 is 2.00 bits per heavy atom. The Bertz CT molecular complexity index is 548. The fraction of sp³-hybridized carbons (Fsp3) is 0.286. The first-order valence-corrected chi connectivity index (χ1v) is 6.00. The van der Waals surface area contributed by atoms with Gasteiger partial charge in [-0.05, 0) is 25.0 Å². The number of Topliss-reactive ketones (excluding diaryl/α,β-unsaturated/α-hetero) is 1. The highest BCUT2D eigenvalue weighted by molar-refractivity contribution is 6.20. The highest BCUT2D eigenvalue weighted by Gasteiger charge is 2.23. The van der Waals surface area contributed by atoms with Crippen molar-refractivity contribution in [2.45, 2.75) is 19.9 Å². The minimum atomic E-state index is -0.406. The number of hydrogen-bond acceptors (Lipinski definition) is 4. The number of alkyl carbamates (subject to hydrolysis) is 1. The van der Waals surface area contributed by atoms with Crippen molar-refractivity contribution >= 4 is 17.4 Å². The molecular formula is C14H18N2O3. The molecule has 0 saturated carbocycles. The second-order valence-corrected chi connectivity index (χ2v) is 4.53. The number of ketones is 1. The van der Waals surface area contributed by atoms with Gasteiger partial charge in [0.05, 0.1) is 6.04 Å². The summed E-state index contributed by atoms with van der Waals surface area (Å²) in [5.41, 5.74) is 8.47. The average Bonchev–Trinajstić information content (AvgIpc) is 2.76. The molecule has 1 saturated heterocycles. The number of allylic oxidation sites excluding steroid dienone is 2. The smallest absolute Gasteiger partial charge is 0.407 e. The van der Waals surface area contributed by atoms with E-state index in [9.17, 15) is 9.59 Å². The first-order valence-electron chi connectivity index (χ1n) is 6.00. The van der Waals surface area contributed by atoms with Gasteiger partial charge in [0.2, 0.25) is 0 Å². The first-order chi connectivity index (χ1) is 8.99. The first kappa shape index (κ1) is 13.1. The van der Waals surface area contributed by atoms with Crippen molar-refractivity contribution in [2.24, 2.45) is 5.73 Å². The lowest BCUT2D eigenvalue weighted by atomic mass is 9.98. The van der Waals surface area contributed by atoms with E-state index in [-0.39, 0.29) is 13.3 Å². The molecule has 0 spiro atoms. The molecule has 2 rings (SSSR count). The van der Waals surface area contributed by atoms with Gasteiger partial charge in [0, 0.05) is 12.7 Å². The molecule has 1 aliphatic rings. The lowest BCUT2D eigenvalue weighted by molar-refractivity contribution is -0.111. The van der Waals surface area contributed by atoms with E-state index in [1.807, 2.05) is 24.3 Å². The molecule has 19 heavy (non-hydrogen) atoms. The molecule has 0 unspecified atom stereocenters. The van der Waals surface area contributed by atoms with Gasteiger partial charge in [-0.2, -0.15) is 0 Å². The topological polar surface area (TPSA) is 81.4 Å². The lowest BCUT2D eigenvalue weighted by Crippen LogP contribution is -2.18. The molecule has 1 fully saturated rings. The van der Waals surface area contributed by atoms with Crippen molar-refractivity contribution in [3.05, 3.63) is 41.1 Å². The maximum atomic E-state index is 11.6. The van der Waals surface area contributed by atoms with E-state index in [0.29, 0.717) is 17.9 Å². The zero-order valence-corrected chi connectivity index (χ0v) is 10.9. The van der Waals surface area contributed by atoms with E-state index < -0.39 is 6.09 Å². The van der Waals surface area contributed by atoms with Crippen LogP contribution in [0.5, 0.6) is 0 Å². The quantitative estimate of drug-likeness (QED) is 0.816. The molecule has 0 aliphatic carbocycles. The second kappa shape index (κ2) is 5.14. The normalized spacial score (nSPS) is 19.5. The number of cyclic esters (lactones) is 1. The van der Waals surface area contributed by atoms with Crippen LogP contribution in [-0.2, 0) is 9.53 Å². The summed E-state index contributed by atoms with van der Waals surface area (Å²) >= 11 is 0. The molecule has 5 heteroatoms. The Labute approximate surface area is 112 Å². The summed E-state index contributed by atoms with van der Waals surface area (Å²) in [5, 5.41) is 2.70. The van der Waals surface area contributed by atoms with E-state index in [4.69, 9.17) is 10.5 Å². The Morgan fingerprint density at radius 1 is 1.37 bits per heavy atom. The van der Waals surface area contributed by atoms with E-state index in [1.54, 1.807) is 6.92 Å². The van der Waals surface area contributed by atoms with Crippen molar-refractivity contribution < 1.29 is 15.8 Å². The minimum Gasteiger partial charge on any atom is -0.447 e. The van der Waals surface area contributed by atoms with Crippen LogP contribution in [0, 0.1) is 0 Å². The Morgan fingerprint density at radius 3 is 2.42 bits per heavy atom. The summed E-state index contributed by atoms with van der Waals surface area (Å²) in [6.07, 6.45) is -0.406. The molecule has 0 radical (unpaired) electrons. The predicted molar refractivity (Wildman–Crippen MR) is 73.2 cm³/mol. The Balaban J connectivity index is 0.00000200. The van der Waals surface area contributed by atoms with Gasteiger partial charge in [-0.25, -0.2) is 4.79 Å². The summed E-state index contributed by atoms with van der Waals surface area (Å²) in [7, 11) is 0. The summed E-state index contributed by atoms with van der Waals surface area (Å²) in [6, 6.07) is 7.24. The van der Waals surface area contributed by atoms with Crippen LogP contribution in [0.3, 0.4) is 0 Å². The van der Waals surface area contributed by atoms with Crippen LogP contribution in [0.25, 0.3) is 5.57 Å². The van der Waals surface area contributed by atoms with Crippen LogP contribution in [0.4, 0.5) is 4.79 Å². The second-order valence-electron chi connectivity index (χ2n) is 4.53. The van der Waals surface area contributed by atoms with Crippen LogP contribution in [-0.4, -0.2) is 18.5 Å². The van der Waals surface area contributed by atoms with Crippen LogP contribution in [0.2, 0.25) is 0 Å². The van der Waals surface area contributed by atoms with E-state index in [2.05, 4.69) is 5.32 Å². The molecule has 1 atom stereocenters. The molecule has 1 aliphatic heterocycles. The average molecular weight is 262 g/mol. The van der Waals surface area contributed by atoms with Crippen molar-refractivity contribution in [1.29, 1.82) is 0 Å². The number of carbonyl (C=O) groups is 2. The van der Waals surface area contributed by atoms with Crippen LogP contribution in [0.15, 0.2) is 30.0 Å². The fourth-order valence-corrected chi connectivity index (χ4v) is 2.15. The molecule has 1 amide bonds. The number of ether oxygens (including phenoxy) is 1. The van der Waals surface area contributed by atoms with Gasteiger partial charge in [0.25, 0.3) is 0 Å². The third-order valence-corrected chi connectivity index (χ3v) is 3.02. The van der Waals surface area contributed by atoms with Crippen LogP contribution < -0.4 is 11.1 Å². The number of amides is 1. The van der Waals surface area contributed by atoms with E-state index in [1.165, 1.54) is 6.92 Å². The molecule has 1 aromatic carbocycles. The monoisotopic (exact) mass is 262 g/mol. The van der Waals surface area contributed by atoms with Crippen LogP contribution in [0.1, 0.15) is 32.4 Å². The van der Waals surface area contributed by atoms with Gasteiger partial charge in [-0.3, -0.25) is 4.79 Å². The number of rotatable bonds is 3. The Hall–Kier alpha value is -2.30. The molecule has 1 heterocycles. The molecule has 0 aromatic heterocycles. The van der Waals surface area contributed by atoms with Crippen molar-refractivity contribution in [3.8, 4) is 0 Å². The molecule has 5 nitrogen and oxygen atoms in total. The molecular weight excluding hydrogens is 244 g/mol. The number of hydrogen-bond donors (Lipinski definition) is 2. The summed E-state index contributed by atoms with van der Waals surface area (Å²) in [5.74, 6) is -0.0646. The third-order valence-electron chi connectivity index (χ3n) is 3.02. The molecule has 0 bridgehead atoms. The SMILES string of the molecule is CC(=O)/C(=C(/C)N)c1ccc([C@@H]2COC(=O)N2)cc1.[HH]. The van der Waals surface area contributed by atoms with Gasteiger partial charge < -0.3 is 15.8 Å². The van der Waals surface area contributed by atoms with Crippen LogP contribution >= 0.6 is 0 Å². The highest BCUT2D eigenvalue weighted by Crippen LogP contribution is 2.22. The largest absolute Gasteiger partial charge is 0.447 e. The summed E-state index contributed by atoms with van der Waals surface area (Å²) < 4.78 is 4.84. The summed E-state index contributed by atoms with van der Waals surface area (Å²) in [6.45, 7) is 3.52. The van der Waals surface area contributed by atoms with Crippen molar-refractivity contribution in [1.82, 2.24) is 5.32 Å². The van der Waals surface area contributed by atoms with Gasteiger partial charge in [0.15, 0.2) is 5.78 Å². The van der Waals surface area contributed by atoms with E-state index in [0.717, 1.165) is 11.1 Å². The minimum absolute atomic E-state index is 0. The zero-order chi connectivity index (χ0) is 14.0. The maximum Gasteiger partial charge on any atom is 0.407 e. The number of nitrogens with one attached hydrogen (secondary N) is 1. The highest BCUT2D eigenvalue weighted by atomic mass is 16.6. The zero-order valence-electron chi connectivity index (χ0n) is 10.9. The van der Waals surface area contributed by atoms with Crippen molar-refractivity contribution in [2.75, 3.05) is 6.61 Å². The molecule has 3 N–H and O–H groups in total. The van der Waals surface area contributed by atoms with Gasteiger partial charge in [-0.1, -0.05) is 24.3 Å². The number of nitrogens with two attached hydrogens (primary N) is 1. The van der Waals surface area contributed by atoms with E-state index >= 15 is 0 Å². The van der Waals surface area contributed by atoms with Gasteiger partial charge >= 0.3 is 6.09 Å². The maximum absolute atomic E-state index is 11.6. The number of benzene rings is 1. The third kappa shape index (κ3) is 2.76. The fourth-order valence-electron chi connectivity index (χ4n) is 2.15. The Kier molecular flexibility index (Phi) is 3.55. The van der Waals surface area contributed by atoms with Gasteiger partial charge in [-0.15, -0.1) is 0 Å². The summed E-state index contributed by atoms with van der Waals surface area (Å²) in [4.78, 5) is 22.5. The lowest BCUT2D eigenvalue weighted by Gasteiger charge is -2.10. The number of carbonyl (C=O) groups excluding carboxylic acids is 2. The predicted octanol–water partition coefficient (Wildman–Crippen LogP) is 1.99. The molecule has 1 aromatic rings. The molecule has 102 valence electrons. The van der Waals surface area contributed by atoms with Crippen molar-refractivity contribution in [3.63, 3.8) is 0 Å². The van der Waals surface area contributed by atoms with Gasteiger partial charge in [0.1, 0.15) is 6.61 Å².